The van der Waals surface area contributed by atoms with Gasteiger partial charge in [0.1, 0.15) is 11.6 Å². The number of anilines is 1. The van der Waals surface area contributed by atoms with Crippen molar-refractivity contribution in [1.82, 2.24) is 20.1 Å². The third-order valence-electron chi connectivity index (χ3n) is 7.55. The van der Waals surface area contributed by atoms with Crippen LogP contribution in [0.1, 0.15) is 35.8 Å². The van der Waals surface area contributed by atoms with E-state index in [1.165, 1.54) is 30.7 Å². The van der Waals surface area contributed by atoms with Gasteiger partial charge in [-0.1, -0.05) is 57.3 Å². The standard InChI is InChI=1S/C29H31BrCl2FN5O.H2/c30-23-4-1-20(2-5-23)19-36-9-7-25(8-10-36)37-11-13-38(14-12-37)28-26(32)15-22(18-34-28)29(39)35-17-21-3-6-24(31)16-27(21)33;/h1-6,15-16,18,25H,7-14,17,19H2,(H,35,39);1H. The van der Waals surface area contributed by atoms with Gasteiger partial charge < -0.3 is 10.2 Å². The Bertz CT molecular complexity index is 1300. The summed E-state index contributed by atoms with van der Waals surface area (Å²) in [5, 5.41) is 3.47. The number of pyridine rings is 1. The molecule has 5 rings (SSSR count). The third-order valence-corrected chi connectivity index (χ3v) is 8.59. The smallest absolute Gasteiger partial charge is 0.253 e. The van der Waals surface area contributed by atoms with E-state index < -0.39 is 5.82 Å². The summed E-state index contributed by atoms with van der Waals surface area (Å²) in [7, 11) is 0. The SMILES string of the molecule is O=C(NCc1ccc(Cl)cc1F)c1cnc(N2CCN(C3CCN(Cc4ccc(Br)cc4)CC3)CC2)c(Cl)c1.[HH]. The van der Waals surface area contributed by atoms with Crippen LogP contribution in [0.15, 0.2) is 59.2 Å². The van der Waals surface area contributed by atoms with Crippen molar-refractivity contribution in [2.45, 2.75) is 32.0 Å². The average molecular weight is 637 g/mol. The minimum Gasteiger partial charge on any atom is -0.353 e. The van der Waals surface area contributed by atoms with E-state index in [0.29, 0.717) is 33.0 Å². The summed E-state index contributed by atoms with van der Waals surface area (Å²) < 4.78 is 15.1. The fourth-order valence-corrected chi connectivity index (χ4v) is 6.03. The van der Waals surface area contributed by atoms with Crippen molar-refractivity contribution < 1.29 is 10.6 Å². The second kappa shape index (κ2) is 13.0. The van der Waals surface area contributed by atoms with Crippen LogP contribution in [0.2, 0.25) is 10.0 Å². The van der Waals surface area contributed by atoms with Crippen molar-refractivity contribution in [3.05, 3.63) is 91.8 Å². The fourth-order valence-electron chi connectivity index (χ4n) is 5.32. The predicted octanol–water partition coefficient (Wildman–Crippen LogP) is 6.25. The zero-order chi connectivity index (χ0) is 27.4. The lowest BCUT2D eigenvalue weighted by Gasteiger charge is -2.43. The van der Waals surface area contributed by atoms with Gasteiger partial charge in [-0.15, -0.1) is 0 Å². The minimum absolute atomic E-state index is 0. The average Bonchev–Trinajstić information content (AvgIpc) is 2.94. The van der Waals surface area contributed by atoms with Gasteiger partial charge in [0.15, 0.2) is 0 Å². The second-order valence-electron chi connectivity index (χ2n) is 10.1. The lowest BCUT2D eigenvalue weighted by molar-refractivity contribution is 0.0950. The Kier molecular flexibility index (Phi) is 9.40. The highest BCUT2D eigenvalue weighted by Gasteiger charge is 2.28. The second-order valence-corrected chi connectivity index (χ2v) is 11.9. The van der Waals surface area contributed by atoms with Crippen molar-refractivity contribution >= 4 is 50.9 Å². The molecule has 6 nitrogen and oxygen atoms in total. The maximum absolute atomic E-state index is 14.0. The Labute approximate surface area is 248 Å². The fraction of sp³-hybridized carbons (Fsp3) is 0.379. The molecule has 39 heavy (non-hydrogen) atoms. The number of carbonyl (C=O) groups is 1. The van der Waals surface area contributed by atoms with Gasteiger partial charge in [-0.2, -0.15) is 0 Å². The summed E-state index contributed by atoms with van der Waals surface area (Å²) in [5.74, 6) is -0.123. The van der Waals surface area contributed by atoms with Crippen molar-refractivity contribution in [2.75, 3.05) is 44.2 Å². The lowest BCUT2D eigenvalue weighted by atomic mass is 10.0. The number of rotatable bonds is 7. The Hall–Kier alpha value is -2.23. The molecule has 3 aromatic rings. The molecule has 1 amide bonds. The molecule has 0 spiro atoms. The molecule has 0 saturated carbocycles. The van der Waals surface area contributed by atoms with Gasteiger partial charge in [0.25, 0.3) is 5.91 Å². The Balaban J connectivity index is 0.00000370. The van der Waals surface area contributed by atoms with Gasteiger partial charge in [-0.25, -0.2) is 9.37 Å². The maximum Gasteiger partial charge on any atom is 0.253 e. The number of amides is 1. The van der Waals surface area contributed by atoms with Gasteiger partial charge in [-0.05, 0) is 61.8 Å². The van der Waals surface area contributed by atoms with Gasteiger partial charge in [0.2, 0.25) is 0 Å². The first kappa shape index (κ1) is 28.3. The van der Waals surface area contributed by atoms with Crippen LogP contribution in [0, 0.1) is 5.82 Å². The van der Waals surface area contributed by atoms with Crippen LogP contribution < -0.4 is 10.2 Å². The molecule has 0 radical (unpaired) electrons. The molecule has 0 unspecified atom stereocenters. The number of carbonyl (C=O) groups excluding carboxylic acids is 1. The van der Waals surface area contributed by atoms with Crippen LogP contribution in [-0.2, 0) is 13.1 Å². The molecule has 2 saturated heterocycles. The van der Waals surface area contributed by atoms with E-state index in [1.807, 2.05) is 0 Å². The number of nitrogens with one attached hydrogen (secondary N) is 1. The number of piperidine rings is 1. The highest BCUT2D eigenvalue weighted by Crippen LogP contribution is 2.27. The quantitative estimate of drug-likeness (QED) is 0.332. The number of nitrogens with zero attached hydrogens (tertiary/aromatic N) is 4. The molecule has 10 heteroatoms. The number of piperazine rings is 1. The van der Waals surface area contributed by atoms with E-state index in [2.05, 4.69) is 65.2 Å². The predicted molar refractivity (Wildman–Crippen MR) is 160 cm³/mol. The van der Waals surface area contributed by atoms with E-state index in [4.69, 9.17) is 23.2 Å². The topological polar surface area (TPSA) is 51.7 Å². The molecular weight excluding hydrogens is 604 g/mol. The first-order chi connectivity index (χ1) is 18.9. The highest BCUT2D eigenvalue weighted by atomic mass is 79.9. The Morgan fingerprint density at radius 2 is 1.74 bits per heavy atom. The molecule has 2 fully saturated rings. The number of benzene rings is 2. The number of hydrogen-bond donors (Lipinski definition) is 1. The molecular formula is C29H33BrCl2FN5O. The maximum atomic E-state index is 14.0. The minimum atomic E-state index is -0.459. The van der Waals surface area contributed by atoms with E-state index in [-0.39, 0.29) is 13.9 Å². The van der Waals surface area contributed by atoms with E-state index in [1.54, 1.807) is 18.2 Å². The van der Waals surface area contributed by atoms with Crippen molar-refractivity contribution in [1.29, 1.82) is 0 Å². The van der Waals surface area contributed by atoms with Crippen molar-refractivity contribution in [3.8, 4) is 0 Å². The third kappa shape index (κ3) is 7.30. The molecule has 208 valence electrons. The van der Waals surface area contributed by atoms with E-state index in [9.17, 15) is 9.18 Å². The first-order valence-corrected chi connectivity index (χ1v) is 14.7. The van der Waals surface area contributed by atoms with E-state index >= 15 is 0 Å². The van der Waals surface area contributed by atoms with Crippen LogP contribution in [0.5, 0.6) is 0 Å². The number of halogens is 4. The summed E-state index contributed by atoms with van der Waals surface area (Å²) in [6.07, 6.45) is 3.89. The first-order valence-electron chi connectivity index (χ1n) is 13.2. The molecule has 1 aromatic heterocycles. The van der Waals surface area contributed by atoms with Gasteiger partial charge in [0.05, 0.1) is 10.6 Å². The summed E-state index contributed by atoms with van der Waals surface area (Å²) >= 11 is 15.9. The van der Waals surface area contributed by atoms with Crippen LogP contribution in [0.4, 0.5) is 10.2 Å². The van der Waals surface area contributed by atoms with Gasteiger partial charge >= 0.3 is 0 Å². The van der Waals surface area contributed by atoms with Gasteiger partial charge in [-0.3, -0.25) is 14.6 Å². The lowest BCUT2D eigenvalue weighted by Crippen LogP contribution is -2.53. The van der Waals surface area contributed by atoms with Crippen LogP contribution >= 0.6 is 39.1 Å². The molecule has 3 heterocycles. The van der Waals surface area contributed by atoms with Crippen molar-refractivity contribution in [2.24, 2.45) is 0 Å². The summed E-state index contributed by atoms with van der Waals surface area (Å²) in [6.45, 7) is 6.89. The molecule has 0 atom stereocenters. The molecule has 0 aliphatic carbocycles. The van der Waals surface area contributed by atoms with Gasteiger partial charge in [0, 0.05) is 68.0 Å². The monoisotopic (exact) mass is 635 g/mol. The molecule has 2 aliphatic heterocycles. The van der Waals surface area contributed by atoms with Crippen LogP contribution in [0.25, 0.3) is 0 Å². The number of aromatic nitrogens is 1. The summed E-state index contributed by atoms with van der Waals surface area (Å²) in [5.41, 5.74) is 2.05. The number of likely N-dealkylation sites (tertiary alicyclic amines) is 1. The van der Waals surface area contributed by atoms with E-state index in [0.717, 1.165) is 50.3 Å². The Morgan fingerprint density at radius 1 is 1.03 bits per heavy atom. The highest BCUT2D eigenvalue weighted by molar-refractivity contribution is 9.10. The van der Waals surface area contributed by atoms with Crippen molar-refractivity contribution in [3.63, 3.8) is 0 Å². The number of hydrogen-bond acceptors (Lipinski definition) is 5. The largest absolute Gasteiger partial charge is 0.353 e. The molecule has 2 aliphatic rings. The molecule has 2 aromatic carbocycles. The molecule has 1 N–H and O–H groups in total. The zero-order valence-electron chi connectivity index (χ0n) is 21.6. The zero-order valence-corrected chi connectivity index (χ0v) is 24.7. The van der Waals surface area contributed by atoms with Crippen LogP contribution in [0.3, 0.4) is 0 Å². The normalized spacial score (nSPS) is 17.4. The summed E-state index contributed by atoms with van der Waals surface area (Å²) in [6, 6.07) is 15.2. The Morgan fingerprint density at radius 3 is 2.41 bits per heavy atom. The molecule has 0 bridgehead atoms. The van der Waals surface area contributed by atoms with Crippen LogP contribution in [-0.4, -0.2) is 66.0 Å². The summed E-state index contributed by atoms with van der Waals surface area (Å²) in [4.78, 5) is 24.5.